The fourth-order valence-electron chi connectivity index (χ4n) is 0.664. The van der Waals surface area contributed by atoms with Crippen molar-refractivity contribution in [3.05, 3.63) is 17.5 Å². The summed E-state index contributed by atoms with van der Waals surface area (Å²) in [6.45, 7) is 4.73. The van der Waals surface area contributed by atoms with E-state index in [-0.39, 0.29) is 0 Å². The molecule has 1 aromatic heterocycles. The van der Waals surface area contributed by atoms with E-state index in [1.165, 1.54) is 12.5 Å². The lowest BCUT2D eigenvalue weighted by Gasteiger charge is -2.08. The van der Waals surface area contributed by atoms with E-state index in [0.29, 0.717) is 23.4 Å². The van der Waals surface area contributed by atoms with Crippen LogP contribution in [-0.4, -0.2) is 16.6 Å². The molecule has 0 saturated heterocycles. The lowest BCUT2D eigenvalue weighted by molar-refractivity contribution is 0.161. The first kappa shape index (κ1) is 10.2. The van der Waals surface area contributed by atoms with Gasteiger partial charge in [0, 0.05) is 0 Å². The van der Waals surface area contributed by atoms with E-state index in [2.05, 4.69) is 29.3 Å². The molecule has 0 amide bonds. The highest BCUT2D eigenvalue weighted by Gasteiger charge is 2.00. The van der Waals surface area contributed by atoms with Crippen molar-refractivity contribution in [3.8, 4) is 0 Å². The topological polar surface area (TPSA) is 47.0 Å². The Balaban J connectivity index is 2.41. The van der Waals surface area contributed by atoms with Crippen molar-refractivity contribution in [2.24, 2.45) is 5.92 Å². The zero-order chi connectivity index (χ0) is 9.68. The summed E-state index contributed by atoms with van der Waals surface area (Å²) in [5.74, 6) is 0.963. The Labute approximate surface area is 82.3 Å². The number of aromatic nitrogens is 2. The molecule has 0 atom stereocenters. The van der Waals surface area contributed by atoms with Gasteiger partial charge in [0.2, 0.25) is 0 Å². The quantitative estimate of drug-likeness (QED) is 0.759. The molecule has 72 valence electrons. The molecular weight excluding hydrogens is 190 g/mol. The summed E-state index contributed by atoms with van der Waals surface area (Å²) in [7, 11) is 0. The van der Waals surface area contributed by atoms with Crippen LogP contribution in [0.3, 0.4) is 0 Å². The van der Waals surface area contributed by atoms with Crippen molar-refractivity contribution in [3.63, 3.8) is 0 Å². The summed E-state index contributed by atoms with van der Waals surface area (Å²) >= 11 is 5.77. The van der Waals surface area contributed by atoms with Gasteiger partial charge in [0.25, 0.3) is 0 Å². The number of rotatable bonds is 4. The first-order valence-electron chi connectivity index (χ1n) is 4.03. The Morgan fingerprint density at radius 3 is 3.00 bits per heavy atom. The van der Waals surface area contributed by atoms with Crippen molar-refractivity contribution in [1.29, 1.82) is 0 Å². The molecule has 1 aromatic rings. The van der Waals surface area contributed by atoms with Gasteiger partial charge in [0.05, 0.1) is 12.8 Å². The van der Waals surface area contributed by atoms with E-state index in [4.69, 9.17) is 16.4 Å². The first-order chi connectivity index (χ1) is 6.20. The lowest BCUT2D eigenvalue weighted by Crippen LogP contribution is -2.09. The molecule has 0 aliphatic rings. The summed E-state index contributed by atoms with van der Waals surface area (Å²) in [5, 5.41) is 0.450. The number of halogens is 1. The molecule has 0 aliphatic heterocycles. The van der Waals surface area contributed by atoms with Gasteiger partial charge in [-0.2, -0.15) is 0 Å². The molecule has 1 heterocycles. The Morgan fingerprint density at radius 1 is 1.62 bits per heavy atom. The van der Waals surface area contributed by atoms with Crippen LogP contribution in [-0.2, 0) is 4.84 Å². The van der Waals surface area contributed by atoms with Crippen LogP contribution < -0.4 is 5.48 Å². The SMILES string of the molecule is CC(C)CONc1ncncc1Cl. The van der Waals surface area contributed by atoms with Crippen LogP contribution in [0.2, 0.25) is 5.02 Å². The average Bonchev–Trinajstić information content (AvgIpc) is 2.08. The summed E-state index contributed by atoms with van der Waals surface area (Å²) < 4.78 is 0. The summed E-state index contributed by atoms with van der Waals surface area (Å²) in [4.78, 5) is 12.8. The van der Waals surface area contributed by atoms with Crippen LogP contribution >= 0.6 is 11.6 Å². The molecule has 0 unspecified atom stereocenters. The molecule has 0 bridgehead atoms. The maximum atomic E-state index is 5.77. The third-order valence-corrected chi connectivity index (χ3v) is 1.53. The average molecular weight is 202 g/mol. The fourth-order valence-corrected chi connectivity index (χ4v) is 0.808. The van der Waals surface area contributed by atoms with Crippen molar-refractivity contribution < 1.29 is 4.84 Å². The molecular formula is C8H12ClN3O. The number of hydrogen-bond donors (Lipinski definition) is 1. The van der Waals surface area contributed by atoms with E-state index in [9.17, 15) is 0 Å². The molecule has 0 aliphatic carbocycles. The van der Waals surface area contributed by atoms with Crippen molar-refractivity contribution in [2.75, 3.05) is 12.1 Å². The summed E-state index contributed by atoms with van der Waals surface area (Å²) in [5.41, 5.74) is 2.66. The molecule has 5 heteroatoms. The predicted molar refractivity (Wildman–Crippen MR) is 51.5 cm³/mol. The molecule has 0 saturated carbocycles. The molecule has 0 fully saturated rings. The second-order valence-corrected chi connectivity index (χ2v) is 3.43. The smallest absolute Gasteiger partial charge is 0.171 e. The normalized spacial score (nSPS) is 10.5. The van der Waals surface area contributed by atoms with Crippen molar-refractivity contribution in [1.82, 2.24) is 9.97 Å². The molecule has 0 aromatic carbocycles. The highest BCUT2D eigenvalue weighted by molar-refractivity contribution is 6.32. The van der Waals surface area contributed by atoms with Gasteiger partial charge in [-0.3, -0.25) is 4.84 Å². The zero-order valence-corrected chi connectivity index (χ0v) is 8.38. The second-order valence-electron chi connectivity index (χ2n) is 3.03. The number of hydrogen-bond acceptors (Lipinski definition) is 4. The second kappa shape index (κ2) is 4.99. The predicted octanol–water partition coefficient (Wildman–Crippen LogP) is 2.13. The Kier molecular flexibility index (Phi) is 3.92. The minimum Gasteiger partial charge on any atom is -0.274 e. The molecule has 13 heavy (non-hydrogen) atoms. The highest BCUT2D eigenvalue weighted by atomic mass is 35.5. The van der Waals surface area contributed by atoms with Gasteiger partial charge in [-0.1, -0.05) is 25.4 Å². The van der Waals surface area contributed by atoms with Gasteiger partial charge >= 0.3 is 0 Å². The van der Waals surface area contributed by atoms with Crippen molar-refractivity contribution >= 4 is 17.4 Å². The number of nitrogens with one attached hydrogen (secondary N) is 1. The molecule has 4 nitrogen and oxygen atoms in total. The minimum absolute atomic E-state index is 0.450. The summed E-state index contributed by atoms with van der Waals surface area (Å²) in [6.07, 6.45) is 2.92. The van der Waals surface area contributed by atoms with Crippen LogP contribution in [0.15, 0.2) is 12.5 Å². The fraction of sp³-hybridized carbons (Fsp3) is 0.500. The van der Waals surface area contributed by atoms with Gasteiger partial charge in [-0.25, -0.2) is 15.4 Å². The van der Waals surface area contributed by atoms with Crippen LogP contribution in [0, 0.1) is 5.92 Å². The number of nitrogens with zero attached hydrogens (tertiary/aromatic N) is 2. The van der Waals surface area contributed by atoms with Crippen LogP contribution in [0.4, 0.5) is 5.82 Å². The highest BCUT2D eigenvalue weighted by Crippen LogP contribution is 2.15. The third kappa shape index (κ3) is 3.57. The number of anilines is 1. The largest absolute Gasteiger partial charge is 0.274 e. The van der Waals surface area contributed by atoms with Crippen LogP contribution in [0.25, 0.3) is 0 Å². The Morgan fingerprint density at radius 2 is 2.38 bits per heavy atom. The Hall–Kier alpha value is -0.870. The molecule has 0 radical (unpaired) electrons. The van der Waals surface area contributed by atoms with Gasteiger partial charge in [0.15, 0.2) is 5.82 Å². The van der Waals surface area contributed by atoms with E-state index in [0.717, 1.165) is 0 Å². The van der Waals surface area contributed by atoms with E-state index in [1.54, 1.807) is 0 Å². The van der Waals surface area contributed by atoms with Gasteiger partial charge in [0.1, 0.15) is 11.3 Å². The maximum Gasteiger partial charge on any atom is 0.171 e. The van der Waals surface area contributed by atoms with Gasteiger partial charge < -0.3 is 0 Å². The monoisotopic (exact) mass is 201 g/mol. The van der Waals surface area contributed by atoms with E-state index < -0.39 is 0 Å². The molecule has 1 rings (SSSR count). The van der Waals surface area contributed by atoms with Crippen LogP contribution in [0.5, 0.6) is 0 Å². The van der Waals surface area contributed by atoms with E-state index >= 15 is 0 Å². The van der Waals surface area contributed by atoms with E-state index in [1.807, 2.05) is 0 Å². The van der Waals surface area contributed by atoms with Crippen LogP contribution in [0.1, 0.15) is 13.8 Å². The zero-order valence-electron chi connectivity index (χ0n) is 7.62. The first-order valence-corrected chi connectivity index (χ1v) is 4.41. The summed E-state index contributed by atoms with van der Waals surface area (Å²) in [6, 6.07) is 0. The maximum absolute atomic E-state index is 5.77. The Bertz CT molecular complexity index is 267. The lowest BCUT2D eigenvalue weighted by atomic mass is 10.2. The van der Waals surface area contributed by atoms with Crippen molar-refractivity contribution in [2.45, 2.75) is 13.8 Å². The standard InChI is InChI=1S/C8H12ClN3O/c1-6(2)4-13-12-8-7(9)3-10-5-11-8/h3,5-6H,4H2,1-2H3,(H,10,11,12). The minimum atomic E-state index is 0.450. The molecule has 1 N–H and O–H groups in total. The van der Waals surface area contributed by atoms with Gasteiger partial charge in [-0.15, -0.1) is 0 Å². The molecule has 0 spiro atoms. The van der Waals surface area contributed by atoms with Gasteiger partial charge in [-0.05, 0) is 5.92 Å². The third-order valence-electron chi connectivity index (χ3n) is 1.25.